The van der Waals surface area contributed by atoms with Crippen LogP contribution in [0.1, 0.15) is 45.9 Å². The van der Waals surface area contributed by atoms with Gasteiger partial charge in [-0.3, -0.25) is 9.36 Å². The maximum Gasteiger partial charge on any atom is 0.304 e. The molecule has 1 aromatic rings. The van der Waals surface area contributed by atoms with Gasteiger partial charge in [0.1, 0.15) is 18.4 Å². The largest absolute Gasteiger partial charge is 0.458 e. The van der Waals surface area contributed by atoms with Crippen molar-refractivity contribution in [1.29, 1.82) is 0 Å². The molecule has 0 radical (unpaired) electrons. The molecule has 2 aliphatic rings. The lowest BCUT2D eigenvalue weighted by Gasteiger charge is -2.32. The zero-order chi connectivity index (χ0) is 18.3. The Hall–Kier alpha value is -1.08. The van der Waals surface area contributed by atoms with Crippen LogP contribution in [-0.4, -0.2) is 45.1 Å². The van der Waals surface area contributed by atoms with Crippen LogP contribution in [0.5, 0.6) is 6.01 Å². The third-order valence-corrected chi connectivity index (χ3v) is 6.07. The summed E-state index contributed by atoms with van der Waals surface area (Å²) in [4.78, 5) is 15.6. The molecule has 0 aliphatic carbocycles. The number of nitrogens with zero attached hydrogens (tertiary/aromatic N) is 3. The van der Waals surface area contributed by atoms with E-state index in [1.165, 1.54) is 0 Å². The quantitative estimate of drug-likeness (QED) is 0.715. The van der Waals surface area contributed by atoms with Gasteiger partial charge in [-0.15, -0.1) is 0 Å². The summed E-state index contributed by atoms with van der Waals surface area (Å²) in [7, 11) is -2.20. The molecule has 3 rings (SSSR count). The van der Waals surface area contributed by atoms with E-state index in [-0.39, 0.29) is 48.7 Å². The molecule has 0 spiro atoms. The van der Waals surface area contributed by atoms with Crippen LogP contribution in [-0.2, 0) is 9.26 Å². The van der Waals surface area contributed by atoms with Crippen molar-refractivity contribution in [3.05, 3.63) is 22.1 Å². The maximum absolute atomic E-state index is 14.5. The van der Waals surface area contributed by atoms with Gasteiger partial charge in [0.2, 0.25) is 0 Å². The maximum atomic E-state index is 14.5. The molecular weight excluding hydrogens is 348 g/mol. The van der Waals surface area contributed by atoms with Crippen LogP contribution in [0.3, 0.4) is 0 Å². The van der Waals surface area contributed by atoms with E-state index in [1.807, 2.05) is 27.7 Å². The lowest BCUT2D eigenvalue weighted by atomic mass is 10.1. The van der Waals surface area contributed by atoms with Crippen LogP contribution in [0.2, 0.25) is 0 Å². The third kappa shape index (κ3) is 3.72. The van der Waals surface area contributed by atoms with E-state index in [1.54, 1.807) is 22.4 Å². The summed E-state index contributed by atoms with van der Waals surface area (Å²) in [5.41, 5.74) is 0.225. The summed E-state index contributed by atoms with van der Waals surface area (Å²) >= 11 is 0. The van der Waals surface area contributed by atoms with Gasteiger partial charge < -0.3 is 14.0 Å². The molecule has 7 nitrogen and oxygen atoms in total. The molecule has 0 aromatic carbocycles. The summed E-state index contributed by atoms with van der Waals surface area (Å²) in [5, 5.41) is 0. The molecule has 0 N–H and O–H groups in total. The Morgan fingerprint density at radius 3 is 2.76 bits per heavy atom. The highest BCUT2D eigenvalue weighted by atomic mass is 31.2. The van der Waals surface area contributed by atoms with Crippen LogP contribution >= 0.6 is 8.61 Å². The molecule has 9 heteroatoms. The molecular formula is C16H25FN3O4P. The van der Waals surface area contributed by atoms with Gasteiger partial charge in [-0.05, 0) is 34.6 Å². The summed E-state index contributed by atoms with van der Waals surface area (Å²) < 4.78 is 35.2. The normalized spacial score (nSPS) is 26.2. The van der Waals surface area contributed by atoms with Gasteiger partial charge in [0.15, 0.2) is 0 Å². The molecule has 0 saturated carbocycles. The Morgan fingerprint density at radius 2 is 2.12 bits per heavy atom. The number of halogens is 1. The minimum Gasteiger partial charge on any atom is -0.458 e. The number of aryl methyl sites for hydroxylation is 1. The zero-order valence-electron chi connectivity index (χ0n) is 15.2. The second-order valence-electron chi connectivity index (χ2n) is 7.03. The standard InChI is InChI=1S/C16H25FN3O4P/c1-9(2)20(10(3)4)25(17)22-8-13-12-6-14(23-13)19-7-11(5)15(21)18-16(19)24-12/h7,9-10,12-14H,6,8H2,1-5H3/t12-,13-,14-,25?/m1/s1. The predicted molar refractivity (Wildman–Crippen MR) is 92.3 cm³/mol. The Bertz CT molecular complexity index is 676. The highest BCUT2D eigenvalue weighted by molar-refractivity contribution is 7.44. The van der Waals surface area contributed by atoms with Gasteiger partial charge in [0.05, 0.1) is 6.61 Å². The molecule has 2 bridgehead atoms. The Balaban J connectivity index is 1.65. The van der Waals surface area contributed by atoms with E-state index in [0.717, 1.165) is 0 Å². The highest BCUT2D eigenvalue weighted by Gasteiger charge is 2.44. The van der Waals surface area contributed by atoms with Gasteiger partial charge in [0, 0.05) is 30.3 Å². The topological polar surface area (TPSA) is 65.8 Å². The molecule has 1 unspecified atom stereocenters. The minimum absolute atomic E-state index is 0.0542. The predicted octanol–water partition coefficient (Wildman–Crippen LogP) is 2.93. The number of hydrogen-bond donors (Lipinski definition) is 0. The summed E-state index contributed by atoms with van der Waals surface area (Å²) in [5.74, 6) is 0. The number of ether oxygens (including phenoxy) is 2. The van der Waals surface area contributed by atoms with Crippen LogP contribution in [0.15, 0.2) is 11.0 Å². The van der Waals surface area contributed by atoms with Gasteiger partial charge in [-0.25, -0.2) is 4.67 Å². The van der Waals surface area contributed by atoms with Crippen LogP contribution in [0.25, 0.3) is 0 Å². The highest BCUT2D eigenvalue weighted by Crippen LogP contribution is 2.47. The van der Waals surface area contributed by atoms with Crippen LogP contribution in [0, 0.1) is 6.92 Å². The third-order valence-electron chi connectivity index (χ3n) is 4.42. The molecule has 2 aliphatic heterocycles. The minimum atomic E-state index is -2.20. The average molecular weight is 373 g/mol. The first kappa shape index (κ1) is 18.7. The SMILES string of the molecule is Cc1cn2c(nc1=O)O[C@@H]1C[C@H]2O[C@@H]1COP(F)N(C(C)C)C(C)C. The van der Waals surface area contributed by atoms with Crippen molar-refractivity contribution in [1.82, 2.24) is 14.2 Å². The Morgan fingerprint density at radius 1 is 1.44 bits per heavy atom. The second kappa shape index (κ2) is 7.27. The Labute approximate surface area is 148 Å². The van der Waals surface area contributed by atoms with E-state index in [0.29, 0.717) is 12.0 Å². The van der Waals surface area contributed by atoms with E-state index >= 15 is 0 Å². The first-order valence-electron chi connectivity index (χ1n) is 8.57. The molecule has 3 heterocycles. The van der Waals surface area contributed by atoms with Gasteiger partial charge in [-0.1, -0.05) is 0 Å². The van der Waals surface area contributed by atoms with Gasteiger partial charge in [0.25, 0.3) is 5.56 Å². The fourth-order valence-corrected chi connectivity index (χ4v) is 4.42. The number of fused-ring (bicyclic) bond motifs is 4. The van der Waals surface area contributed by atoms with E-state index < -0.39 is 8.61 Å². The zero-order valence-corrected chi connectivity index (χ0v) is 16.1. The fourth-order valence-electron chi connectivity index (χ4n) is 3.29. The van der Waals surface area contributed by atoms with Crippen LogP contribution in [0.4, 0.5) is 4.20 Å². The number of rotatable bonds is 6. The van der Waals surface area contributed by atoms with Crippen molar-refractivity contribution in [3.63, 3.8) is 0 Å². The smallest absolute Gasteiger partial charge is 0.304 e. The molecule has 0 amide bonds. The van der Waals surface area contributed by atoms with Crippen LogP contribution < -0.4 is 10.3 Å². The monoisotopic (exact) mass is 373 g/mol. The van der Waals surface area contributed by atoms with E-state index in [4.69, 9.17) is 14.0 Å². The van der Waals surface area contributed by atoms with E-state index in [2.05, 4.69) is 4.98 Å². The summed E-state index contributed by atoms with van der Waals surface area (Å²) in [6.07, 6.45) is 1.40. The fraction of sp³-hybridized carbons (Fsp3) is 0.750. The number of hydrogen-bond acceptors (Lipinski definition) is 6. The van der Waals surface area contributed by atoms with Crippen molar-refractivity contribution in [2.75, 3.05) is 6.61 Å². The van der Waals surface area contributed by atoms with Crippen molar-refractivity contribution < 1.29 is 18.2 Å². The first-order valence-corrected chi connectivity index (χ1v) is 9.67. The van der Waals surface area contributed by atoms with Gasteiger partial charge in [-0.2, -0.15) is 9.18 Å². The first-order chi connectivity index (χ1) is 11.8. The lowest BCUT2D eigenvalue weighted by Crippen LogP contribution is -2.35. The van der Waals surface area contributed by atoms with Crippen molar-refractivity contribution >= 4 is 8.61 Å². The molecule has 4 atom stereocenters. The molecule has 25 heavy (non-hydrogen) atoms. The van der Waals surface area contributed by atoms with Gasteiger partial charge >= 0.3 is 14.6 Å². The van der Waals surface area contributed by atoms with Crippen molar-refractivity contribution in [2.45, 2.75) is 71.6 Å². The average Bonchev–Trinajstić information content (AvgIpc) is 2.84. The van der Waals surface area contributed by atoms with Crippen molar-refractivity contribution in [3.8, 4) is 6.01 Å². The molecule has 140 valence electrons. The van der Waals surface area contributed by atoms with Crippen molar-refractivity contribution in [2.24, 2.45) is 0 Å². The second-order valence-corrected chi connectivity index (χ2v) is 8.20. The number of aromatic nitrogens is 2. The molecule has 1 saturated heterocycles. The summed E-state index contributed by atoms with van der Waals surface area (Å²) in [6.45, 7) is 9.60. The Kier molecular flexibility index (Phi) is 5.44. The molecule has 1 aromatic heterocycles. The summed E-state index contributed by atoms with van der Waals surface area (Å²) in [6, 6.07) is 0.366. The van der Waals surface area contributed by atoms with E-state index in [9.17, 15) is 8.99 Å². The lowest BCUT2D eigenvalue weighted by molar-refractivity contribution is -0.0203. The molecule has 1 fully saturated rings.